The topological polar surface area (TPSA) is 113 Å². The molecule has 1 aromatic carbocycles. The molecule has 0 atom stereocenters. The Morgan fingerprint density at radius 1 is 1.27 bits per heavy atom. The monoisotopic (exact) mass is 304 g/mol. The van der Waals surface area contributed by atoms with Crippen molar-refractivity contribution in [3.05, 3.63) is 34.4 Å². The Bertz CT molecular complexity index is 695. The van der Waals surface area contributed by atoms with E-state index in [2.05, 4.69) is 5.10 Å². The number of carbonyl (C=O) groups is 3. The number of benzene rings is 1. The Kier molecular flexibility index (Phi) is 3.97. The van der Waals surface area contributed by atoms with E-state index in [1.165, 1.54) is 38.1 Å². The largest absolute Gasteiger partial charge is 0.274 e. The first-order valence-electron chi connectivity index (χ1n) is 6.27. The van der Waals surface area contributed by atoms with Crippen LogP contribution >= 0.6 is 0 Å². The lowest BCUT2D eigenvalue weighted by Crippen LogP contribution is -2.34. The number of anilines is 1. The maximum atomic E-state index is 11.8. The molecule has 0 aromatic heterocycles. The molecule has 0 fully saturated rings. The predicted molar refractivity (Wildman–Crippen MR) is 75.8 cm³/mol. The molecule has 9 heteroatoms. The first-order chi connectivity index (χ1) is 10.3. The van der Waals surface area contributed by atoms with E-state index in [0.29, 0.717) is 10.7 Å². The van der Waals surface area contributed by atoms with Crippen LogP contribution in [0.5, 0.6) is 0 Å². The highest BCUT2D eigenvalue weighted by Gasteiger charge is 2.32. The summed E-state index contributed by atoms with van der Waals surface area (Å²) in [5.74, 6) is -1.41. The highest BCUT2D eigenvalue weighted by molar-refractivity contribution is 6.23. The van der Waals surface area contributed by atoms with Crippen molar-refractivity contribution in [3.63, 3.8) is 0 Å². The van der Waals surface area contributed by atoms with E-state index in [0.717, 1.165) is 4.90 Å². The third-order valence-corrected chi connectivity index (χ3v) is 2.95. The van der Waals surface area contributed by atoms with Crippen LogP contribution in [0.4, 0.5) is 11.4 Å². The van der Waals surface area contributed by atoms with Crippen LogP contribution in [0.25, 0.3) is 0 Å². The number of nitrogens with zero attached hydrogens (tertiary/aromatic N) is 4. The van der Waals surface area contributed by atoms with Crippen molar-refractivity contribution in [1.82, 2.24) is 5.01 Å². The van der Waals surface area contributed by atoms with Crippen LogP contribution in [0, 0.1) is 10.1 Å². The lowest BCUT2D eigenvalue weighted by Gasteiger charge is -2.19. The summed E-state index contributed by atoms with van der Waals surface area (Å²) >= 11 is 0. The Labute approximate surface area is 125 Å². The summed E-state index contributed by atoms with van der Waals surface area (Å²) in [6.45, 7) is 2.46. The van der Waals surface area contributed by atoms with E-state index in [9.17, 15) is 24.5 Å². The van der Waals surface area contributed by atoms with Crippen LogP contribution in [0.1, 0.15) is 20.3 Å². The number of imide groups is 1. The van der Waals surface area contributed by atoms with Gasteiger partial charge in [-0.1, -0.05) is 0 Å². The number of rotatable bonds is 2. The number of amides is 3. The number of carbonyl (C=O) groups excluding carboxylic acids is 3. The maximum Gasteiger partial charge on any atom is 0.269 e. The molecule has 0 saturated heterocycles. The summed E-state index contributed by atoms with van der Waals surface area (Å²) in [6, 6.07) is 5.24. The van der Waals surface area contributed by atoms with Gasteiger partial charge in [0.1, 0.15) is 5.84 Å². The molecule has 0 saturated carbocycles. The van der Waals surface area contributed by atoms with Crippen molar-refractivity contribution in [3.8, 4) is 0 Å². The third-order valence-electron chi connectivity index (χ3n) is 2.95. The van der Waals surface area contributed by atoms with Gasteiger partial charge in [0.05, 0.1) is 17.0 Å². The Morgan fingerprint density at radius 2 is 1.86 bits per heavy atom. The zero-order chi connectivity index (χ0) is 16.4. The van der Waals surface area contributed by atoms with Gasteiger partial charge in [-0.3, -0.25) is 29.4 Å². The van der Waals surface area contributed by atoms with Gasteiger partial charge >= 0.3 is 0 Å². The van der Waals surface area contributed by atoms with Gasteiger partial charge in [-0.25, -0.2) is 0 Å². The minimum Gasteiger partial charge on any atom is -0.274 e. The summed E-state index contributed by atoms with van der Waals surface area (Å²) < 4.78 is 0. The summed E-state index contributed by atoms with van der Waals surface area (Å²) in [5, 5.41) is 15.2. The van der Waals surface area contributed by atoms with Gasteiger partial charge in [0.2, 0.25) is 11.8 Å². The lowest BCUT2D eigenvalue weighted by molar-refractivity contribution is -0.384. The zero-order valence-corrected chi connectivity index (χ0v) is 11.8. The molecule has 0 radical (unpaired) electrons. The molecular weight excluding hydrogens is 292 g/mol. The summed E-state index contributed by atoms with van der Waals surface area (Å²) in [7, 11) is 0. The second kappa shape index (κ2) is 5.72. The van der Waals surface area contributed by atoms with E-state index >= 15 is 0 Å². The van der Waals surface area contributed by atoms with Crippen LogP contribution in [0.2, 0.25) is 0 Å². The van der Waals surface area contributed by atoms with Crippen LogP contribution in [0.15, 0.2) is 29.4 Å². The van der Waals surface area contributed by atoms with E-state index in [-0.39, 0.29) is 17.9 Å². The van der Waals surface area contributed by atoms with Crippen LogP contribution in [0.3, 0.4) is 0 Å². The van der Waals surface area contributed by atoms with Crippen molar-refractivity contribution in [2.75, 3.05) is 4.90 Å². The molecule has 0 N–H and O–H groups in total. The molecule has 0 aliphatic carbocycles. The smallest absolute Gasteiger partial charge is 0.269 e. The van der Waals surface area contributed by atoms with Gasteiger partial charge < -0.3 is 0 Å². The Balaban J connectivity index is 2.37. The van der Waals surface area contributed by atoms with Gasteiger partial charge in [0.15, 0.2) is 0 Å². The quantitative estimate of drug-likeness (QED) is 0.598. The second-order valence-corrected chi connectivity index (χ2v) is 4.55. The summed E-state index contributed by atoms with van der Waals surface area (Å²) in [5.41, 5.74) is 0.206. The van der Waals surface area contributed by atoms with E-state index in [4.69, 9.17) is 0 Å². The molecule has 0 spiro atoms. The number of amidine groups is 1. The molecule has 3 amide bonds. The van der Waals surface area contributed by atoms with Gasteiger partial charge in [-0.2, -0.15) is 5.01 Å². The summed E-state index contributed by atoms with van der Waals surface area (Å²) in [6.07, 6.45) is -0.198. The molecule has 1 heterocycles. The average Bonchev–Trinajstić information content (AvgIpc) is 2.81. The van der Waals surface area contributed by atoms with Gasteiger partial charge in [-0.05, 0) is 12.1 Å². The van der Waals surface area contributed by atoms with Gasteiger partial charge in [0, 0.05) is 26.0 Å². The van der Waals surface area contributed by atoms with Crippen molar-refractivity contribution < 1.29 is 19.3 Å². The average molecular weight is 304 g/mol. The number of nitro benzene ring substituents is 1. The Morgan fingerprint density at radius 3 is 2.27 bits per heavy atom. The normalized spacial score (nSPS) is 13.8. The highest BCUT2D eigenvalue weighted by Crippen LogP contribution is 2.23. The molecule has 2 rings (SSSR count). The first-order valence-corrected chi connectivity index (χ1v) is 6.27. The number of hydrogen-bond acceptors (Lipinski definition) is 6. The molecule has 0 unspecified atom stereocenters. The van der Waals surface area contributed by atoms with Crippen LogP contribution < -0.4 is 4.90 Å². The fraction of sp³-hybridized carbons (Fsp3) is 0.231. The number of hydrazone groups is 1. The molecule has 114 valence electrons. The maximum absolute atomic E-state index is 11.8. The molecule has 22 heavy (non-hydrogen) atoms. The molecule has 1 aliphatic rings. The van der Waals surface area contributed by atoms with Crippen molar-refractivity contribution in [1.29, 1.82) is 0 Å². The van der Waals surface area contributed by atoms with Crippen molar-refractivity contribution in [2.24, 2.45) is 5.10 Å². The molecule has 1 aliphatic heterocycles. The van der Waals surface area contributed by atoms with E-state index < -0.39 is 22.6 Å². The first kappa shape index (κ1) is 15.3. The minimum absolute atomic E-state index is 0.0987. The van der Waals surface area contributed by atoms with Gasteiger partial charge in [-0.15, -0.1) is 5.10 Å². The van der Waals surface area contributed by atoms with Crippen molar-refractivity contribution >= 4 is 34.9 Å². The Hall–Kier alpha value is -3.10. The fourth-order valence-corrected chi connectivity index (χ4v) is 2.02. The number of non-ortho nitro benzene ring substituents is 1. The van der Waals surface area contributed by atoms with E-state index in [1.54, 1.807) is 0 Å². The second-order valence-electron chi connectivity index (χ2n) is 4.55. The van der Waals surface area contributed by atoms with Crippen molar-refractivity contribution in [2.45, 2.75) is 20.3 Å². The lowest BCUT2D eigenvalue weighted by atomic mass is 10.2. The predicted octanol–water partition coefficient (Wildman–Crippen LogP) is 1.04. The minimum atomic E-state index is -0.560. The van der Waals surface area contributed by atoms with Crippen LogP contribution in [-0.2, 0) is 14.4 Å². The third kappa shape index (κ3) is 2.82. The summed E-state index contributed by atoms with van der Waals surface area (Å²) in [4.78, 5) is 46.0. The number of nitro groups is 1. The molecular formula is C13H12N4O5. The fourth-order valence-electron chi connectivity index (χ4n) is 2.02. The molecule has 9 nitrogen and oxygen atoms in total. The van der Waals surface area contributed by atoms with E-state index in [1.807, 2.05) is 0 Å². The highest BCUT2D eigenvalue weighted by atomic mass is 16.6. The zero-order valence-electron chi connectivity index (χ0n) is 11.8. The standard InChI is InChI=1S/C13H12N4O5/c1-8(18)15(10-3-5-11(6-4-10)17(21)22)12-7-13(20)16(14-12)9(2)19/h3-6H,7H2,1-2H3. The number of hydrogen-bond donors (Lipinski definition) is 0. The molecule has 1 aromatic rings. The van der Waals surface area contributed by atoms with Crippen LogP contribution in [-0.4, -0.2) is 33.5 Å². The van der Waals surface area contributed by atoms with Gasteiger partial charge in [0.25, 0.3) is 11.6 Å². The molecule has 0 bridgehead atoms. The SMILES string of the molecule is CC(=O)N1N=C(N(C(C)=O)c2ccc([N+](=O)[O-])cc2)CC1=O.